The SMILES string of the molecule is CN1CCC2(CC1)CCN(C(=O)C13C[C@H]4C[C@H](C1)CC(n1cncn1)(C4)C3)C2. The number of amides is 1. The van der Waals surface area contributed by atoms with E-state index in [2.05, 4.69) is 31.6 Å². The van der Waals surface area contributed by atoms with Crippen LogP contribution in [0.1, 0.15) is 57.8 Å². The van der Waals surface area contributed by atoms with E-state index >= 15 is 0 Å². The maximum Gasteiger partial charge on any atom is 0.228 e. The van der Waals surface area contributed by atoms with Gasteiger partial charge in [-0.1, -0.05) is 0 Å². The third-order valence-corrected chi connectivity index (χ3v) is 9.16. The molecule has 2 atom stereocenters. The molecular formula is C22H33N5O. The Labute approximate surface area is 167 Å². The summed E-state index contributed by atoms with van der Waals surface area (Å²) < 4.78 is 2.12. The van der Waals surface area contributed by atoms with Gasteiger partial charge in [0.15, 0.2) is 0 Å². The first-order valence-corrected chi connectivity index (χ1v) is 11.3. The Hall–Kier alpha value is -1.43. The molecule has 4 aliphatic carbocycles. The molecule has 0 aromatic carbocycles. The maximum atomic E-state index is 14.0. The first kappa shape index (κ1) is 17.4. The molecule has 152 valence electrons. The fourth-order valence-electron chi connectivity index (χ4n) is 8.13. The average molecular weight is 384 g/mol. The summed E-state index contributed by atoms with van der Waals surface area (Å²) in [6.45, 7) is 4.36. The molecule has 1 spiro atoms. The zero-order chi connectivity index (χ0) is 19.0. The van der Waals surface area contributed by atoms with Gasteiger partial charge in [0.2, 0.25) is 5.91 Å². The summed E-state index contributed by atoms with van der Waals surface area (Å²) in [5.41, 5.74) is 0.308. The minimum absolute atomic E-state index is 0.0429. The molecule has 3 heterocycles. The molecule has 0 radical (unpaired) electrons. The van der Waals surface area contributed by atoms with E-state index in [0.29, 0.717) is 23.2 Å². The van der Waals surface area contributed by atoms with Gasteiger partial charge in [-0.05, 0) is 95.2 Å². The Kier molecular flexibility index (Phi) is 3.61. The smallest absolute Gasteiger partial charge is 0.228 e. The van der Waals surface area contributed by atoms with Crippen LogP contribution in [0.2, 0.25) is 0 Å². The van der Waals surface area contributed by atoms with Crippen molar-refractivity contribution in [2.75, 3.05) is 33.2 Å². The van der Waals surface area contributed by atoms with Crippen LogP contribution in [0, 0.1) is 22.7 Å². The van der Waals surface area contributed by atoms with Crippen LogP contribution in [0.4, 0.5) is 0 Å². The van der Waals surface area contributed by atoms with E-state index in [9.17, 15) is 4.79 Å². The third-order valence-electron chi connectivity index (χ3n) is 9.16. The fourth-order valence-corrected chi connectivity index (χ4v) is 8.13. The standard InChI is InChI=1S/C22H33N5O/c1-25-5-2-20(3-6-25)4-7-26(14-20)19(28)21-9-17-8-18(10-21)12-22(11-17,13-21)27-16-23-15-24-27/h15-18H,2-14H2,1H3/t17-,18-,21?,22?/m1/s1. The number of aromatic nitrogens is 3. The van der Waals surface area contributed by atoms with E-state index in [4.69, 9.17) is 0 Å². The van der Waals surface area contributed by atoms with Gasteiger partial charge in [0.1, 0.15) is 12.7 Å². The summed E-state index contributed by atoms with van der Waals surface area (Å²) in [7, 11) is 2.23. The van der Waals surface area contributed by atoms with Crippen molar-refractivity contribution in [3.05, 3.63) is 12.7 Å². The second-order valence-corrected chi connectivity index (χ2v) is 11.1. The van der Waals surface area contributed by atoms with Gasteiger partial charge in [-0.3, -0.25) is 4.79 Å². The van der Waals surface area contributed by atoms with Crippen LogP contribution in [-0.4, -0.2) is 63.7 Å². The van der Waals surface area contributed by atoms with Crippen LogP contribution in [0.3, 0.4) is 0 Å². The molecule has 7 rings (SSSR count). The Morgan fingerprint density at radius 2 is 1.75 bits per heavy atom. The van der Waals surface area contributed by atoms with Gasteiger partial charge < -0.3 is 9.80 Å². The fraction of sp³-hybridized carbons (Fsp3) is 0.864. The van der Waals surface area contributed by atoms with Crippen molar-refractivity contribution in [2.24, 2.45) is 22.7 Å². The lowest BCUT2D eigenvalue weighted by Crippen LogP contribution is -2.61. The molecule has 1 amide bonds. The predicted molar refractivity (Wildman–Crippen MR) is 105 cm³/mol. The lowest BCUT2D eigenvalue weighted by molar-refractivity contribution is -0.166. The maximum absolute atomic E-state index is 14.0. The van der Waals surface area contributed by atoms with Gasteiger partial charge in [-0.2, -0.15) is 5.10 Å². The molecule has 0 N–H and O–H groups in total. The predicted octanol–water partition coefficient (Wildman–Crippen LogP) is 2.52. The van der Waals surface area contributed by atoms with Gasteiger partial charge in [0.05, 0.1) is 11.0 Å². The van der Waals surface area contributed by atoms with Gasteiger partial charge in [-0.15, -0.1) is 0 Å². The first-order valence-electron chi connectivity index (χ1n) is 11.3. The van der Waals surface area contributed by atoms with Crippen LogP contribution in [0.25, 0.3) is 0 Å². The zero-order valence-corrected chi connectivity index (χ0v) is 17.1. The highest BCUT2D eigenvalue weighted by atomic mass is 16.2. The summed E-state index contributed by atoms with van der Waals surface area (Å²) >= 11 is 0. The van der Waals surface area contributed by atoms with Crippen molar-refractivity contribution in [3.63, 3.8) is 0 Å². The van der Waals surface area contributed by atoms with Crippen molar-refractivity contribution in [1.82, 2.24) is 24.6 Å². The van der Waals surface area contributed by atoms with Gasteiger partial charge in [0, 0.05) is 13.1 Å². The molecule has 6 aliphatic rings. The van der Waals surface area contributed by atoms with E-state index in [1.807, 2.05) is 6.33 Å². The van der Waals surface area contributed by atoms with E-state index in [1.165, 1.54) is 51.6 Å². The lowest BCUT2D eigenvalue weighted by Gasteiger charge is -2.61. The highest BCUT2D eigenvalue weighted by Gasteiger charge is 2.63. The summed E-state index contributed by atoms with van der Waals surface area (Å²) in [6, 6.07) is 0. The largest absolute Gasteiger partial charge is 0.342 e. The highest BCUT2D eigenvalue weighted by Crippen LogP contribution is 2.64. The van der Waals surface area contributed by atoms with Crippen LogP contribution in [-0.2, 0) is 10.3 Å². The minimum atomic E-state index is -0.132. The molecule has 2 aliphatic heterocycles. The molecule has 6 fully saturated rings. The van der Waals surface area contributed by atoms with Gasteiger partial charge in [-0.25, -0.2) is 9.67 Å². The van der Waals surface area contributed by atoms with Gasteiger partial charge in [0.25, 0.3) is 0 Å². The monoisotopic (exact) mass is 383 g/mol. The molecule has 2 saturated heterocycles. The van der Waals surface area contributed by atoms with Crippen LogP contribution in [0.15, 0.2) is 12.7 Å². The lowest BCUT2D eigenvalue weighted by atomic mass is 9.46. The zero-order valence-electron chi connectivity index (χ0n) is 17.1. The van der Waals surface area contributed by atoms with Crippen LogP contribution in [0.5, 0.6) is 0 Å². The summed E-state index contributed by atoms with van der Waals surface area (Å²) in [4.78, 5) is 22.9. The number of hydrogen-bond acceptors (Lipinski definition) is 4. The van der Waals surface area contributed by atoms with Crippen LogP contribution < -0.4 is 0 Å². The number of piperidine rings is 1. The van der Waals surface area contributed by atoms with Crippen molar-refractivity contribution in [1.29, 1.82) is 0 Å². The Morgan fingerprint density at radius 1 is 1.04 bits per heavy atom. The third kappa shape index (κ3) is 2.45. The number of hydrogen-bond donors (Lipinski definition) is 0. The van der Waals surface area contributed by atoms with E-state index in [-0.39, 0.29) is 11.0 Å². The van der Waals surface area contributed by atoms with Crippen molar-refractivity contribution in [3.8, 4) is 0 Å². The molecule has 6 nitrogen and oxygen atoms in total. The molecule has 6 heteroatoms. The van der Waals surface area contributed by atoms with Crippen molar-refractivity contribution in [2.45, 2.75) is 63.3 Å². The van der Waals surface area contributed by atoms with Crippen LogP contribution >= 0.6 is 0 Å². The second-order valence-electron chi connectivity index (χ2n) is 11.1. The molecule has 4 saturated carbocycles. The van der Waals surface area contributed by atoms with Gasteiger partial charge >= 0.3 is 0 Å². The number of rotatable bonds is 2. The topological polar surface area (TPSA) is 54.3 Å². The molecule has 28 heavy (non-hydrogen) atoms. The van der Waals surface area contributed by atoms with E-state index in [1.54, 1.807) is 6.33 Å². The van der Waals surface area contributed by atoms with Crippen molar-refractivity contribution >= 4 is 5.91 Å². The minimum Gasteiger partial charge on any atom is -0.342 e. The molecule has 1 aromatic rings. The second kappa shape index (κ2) is 5.80. The number of likely N-dealkylation sites (tertiary alicyclic amines) is 2. The summed E-state index contributed by atoms with van der Waals surface area (Å²) in [5.74, 6) is 1.87. The molecule has 4 bridgehead atoms. The Bertz CT molecular complexity index is 752. The van der Waals surface area contributed by atoms with E-state index in [0.717, 1.165) is 32.4 Å². The number of carbonyl (C=O) groups is 1. The quantitative estimate of drug-likeness (QED) is 0.787. The molecular weight excluding hydrogens is 350 g/mol. The Balaban J connectivity index is 1.26. The summed E-state index contributed by atoms with van der Waals surface area (Å²) in [5, 5.41) is 4.55. The Morgan fingerprint density at radius 3 is 2.43 bits per heavy atom. The van der Waals surface area contributed by atoms with Crippen molar-refractivity contribution < 1.29 is 4.79 Å². The molecule has 0 unspecified atom stereocenters. The normalized spacial score (nSPS) is 41.8. The summed E-state index contributed by atoms with van der Waals surface area (Å²) in [6.07, 6.45) is 14.2. The molecule has 1 aromatic heterocycles. The first-order chi connectivity index (χ1) is 13.5. The number of nitrogens with zero attached hydrogens (tertiary/aromatic N) is 5. The van der Waals surface area contributed by atoms with E-state index < -0.39 is 0 Å². The number of carbonyl (C=O) groups excluding carboxylic acids is 1. The highest BCUT2D eigenvalue weighted by molar-refractivity contribution is 5.84. The average Bonchev–Trinajstić information content (AvgIpc) is 3.34.